The van der Waals surface area contributed by atoms with E-state index in [9.17, 15) is 4.79 Å². The maximum atomic E-state index is 12.4. The number of likely N-dealkylation sites (tertiary alicyclic amines) is 1. The summed E-state index contributed by atoms with van der Waals surface area (Å²) >= 11 is 7.25. The number of halogens is 1. The van der Waals surface area contributed by atoms with Crippen molar-refractivity contribution >= 4 is 29.3 Å². The molecule has 4 rings (SSSR count). The second-order valence-electron chi connectivity index (χ2n) is 6.91. The Morgan fingerprint density at radius 1 is 1.17 bits per heavy atom. The predicted molar refractivity (Wildman–Crippen MR) is 113 cm³/mol. The molecular formula is C20H21ClN6OS. The lowest BCUT2D eigenvalue weighted by molar-refractivity contribution is -0.119. The Bertz CT molecular complexity index is 949. The Balaban J connectivity index is 1.26. The molecule has 1 N–H and O–H groups in total. The van der Waals surface area contributed by atoms with E-state index in [0.29, 0.717) is 10.2 Å². The van der Waals surface area contributed by atoms with Crippen LogP contribution in [0, 0.1) is 0 Å². The Morgan fingerprint density at radius 2 is 1.97 bits per heavy atom. The van der Waals surface area contributed by atoms with Gasteiger partial charge in [0.05, 0.1) is 11.4 Å². The number of tetrazole rings is 1. The first-order valence-electron chi connectivity index (χ1n) is 9.40. The molecule has 0 unspecified atom stereocenters. The molecule has 0 aliphatic carbocycles. The Morgan fingerprint density at radius 3 is 2.76 bits per heavy atom. The molecule has 1 aliphatic rings. The SMILES string of the molecule is O=C(CSc1nnnn1-c1ccc(Cl)cc1)N[C@@H]1CCN(Cc2ccccc2)C1. The number of nitrogens with zero attached hydrogens (tertiary/aromatic N) is 5. The number of carbonyl (C=O) groups excluding carboxylic acids is 1. The van der Waals surface area contributed by atoms with Crippen LogP contribution >= 0.6 is 23.4 Å². The van der Waals surface area contributed by atoms with E-state index in [1.807, 2.05) is 18.2 Å². The zero-order valence-corrected chi connectivity index (χ0v) is 17.3. The molecule has 3 aromatic rings. The highest BCUT2D eigenvalue weighted by molar-refractivity contribution is 7.99. The third kappa shape index (κ3) is 5.35. The summed E-state index contributed by atoms with van der Waals surface area (Å²) in [5.41, 5.74) is 2.10. The molecule has 7 nitrogen and oxygen atoms in total. The standard InChI is InChI=1S/C20H21ClN6OS/c21-16-6-8-18(9-7-16)27-20(23-24-25-27)29-14-19(28)22-17-10-11-26(13-17)12-15-4-2-1-3-5-15/h1-9,17H,10-14H2,(H,22,28)/t17-/m1/s1. The van der Waals surface area contributed by atoms with Gasteiger partial charge in [-0.05, 0) is 46.7 Å². The molecule has 9 heteroatoms. The van der Waals surface area contributed by atoms with E-state index in [1.54, 1.807) is 16.8 Å². The van der Waals surface area contributed by atoms with Crippen molar-refractivity contribution < 1.29 is 4.79 Å². The van der Waals surface area contributed by atoms with Crippen molar-refractivity contribution in [2.75, 3.05) is 18.8 Å². The van der Waals surface area contributed by atoms with Crippen LogP contribution in [0.2, 0.25) is 5.02 Å². The van der Waals surface area contributed by atoms with E-state index in [-0.39, 0.29) is 17.7 Å². The molecule has 2 heterocycles. The van der Waals surface area contributed by atoms with Crippen LogP contribution in [0.1, 0.15) is 12.0 Å². The number of amides is 1. The number of rotatable bonds is 7. The van der Waals surface area contributed by atoms with E-state index >= 15 is 0 Å². The first-order chi connectivity index (χ1) is 14.2. The zero-order chi connectivity index (χ0) is 20.1. The van der Waals surface area contributed by atoms with Gasteiger partial charge in [-0.25, -0.2) is 0 Å². The molecule has 1 fully saturated rings. The molecule has 2 aromatic carbocycles. The smallest absolute Gasteiger partial charge is 0.230 e. The zero-order valence-electron chi connectivity index (χ0n) is 15.7. The molecule has 0 bridgehead atoms. The molecule has 29 heavy (non-hydrogen) atoms. The van der Waals surface area contributed by atoms with Crippen LogP contribution in [-0.2, 0) is 11.3 Å². The van der Waals surface area contributed by atoms with Crippen LogP contribution in [0.25, 0.3) is 5.69 Å². The van der Waals surface area contributed by atoms with Gasteiger partial charge in [0.2, 0.25) is 11.1 Å². The third-order valence-corrected chi connectivity index (χ3v) is 5.90. The van der Waals surface area contributed by atoms with Crippen molar-refractivity contribution in [3.8, 4) is 5.69 Å². The van der Waals surface area contributed by atoms with Crippen molar-refractivity contribution in [2.45, 2.75) is 24.2 Å². The largest absolute Gasteiger partial charge is 0.351 e. The molecule has 1 saturated heterocycles. The number of aromatic nitrogens is 4. The lowest BCUT2D eigenvalue weighted by atomic mass is 10.2. The first-order valence-corrected chi connectivity index (χ1v) is 10.8. The van der Waals surface area contributed by atoms with E-state index in [1.165, 1.54) is 17.3 Å². The molecule has 1 aliphatic heterocycles. The second kappa shape index (κ2) is 9.39. The van der Waals surface area contributed by atoms with Crippen LogP contribution in [0.15, 0.2) is 59.8 Å². The van der Waals surface area contributed by atoms with Crippen molar-refractivity contribution in [3.05, 3.63) is 65.2 Å². The van der Waals surface area contributed by atoms with Crippen LogP contribution in [-0.4, -0.2) is 55.9 Å². The minimum absolute atomic E-state index is 0.00721. The topological polar surface area (TPSA) is 75.9 Å². The summed E-state index contributed by atoms with van der Waals surface area (Å²) in [5, 5.41) is 16.1. The second-order valence-corrected chi connectivity index (χ2v) is 8.29. The van der Waals surface area contributed by atoms with Gasteiger partial charge in [0.25, 0.3) is 0 Å². The normalized spacial score (nSPS) is 16.8. The van der Waals surface area contributed by atoms with Crippen LogP contribution in [0.4, 0.5) is 0 Å². The van der Waals surface area contributed by atoms with Crippen molar-refractivity contribution in [2.24, 2.45) is 0 Å². The summed E-state index contributed by atoms with van der Waals surface area (Å²) in [6.45, 7) is 2.77. The lowest BCUT2D eigenvalue weighted by Gasteiger charge is -2.16. The van der Waals surface area contributed by atoms with Gasteiger partial charge in [0.1, 0.15) is 0 Å². The Labute approximate surface area is 178 Å². The molecule has 0 saturated carbocycles. The minimum atomic E-state index is -0.00721. The van der Waals surface area contributed by atoms with Crippen molar-refractivity contribution in [1.29, 1.82) is 0 Å². The fourth-order valence-electron chi connectivity index (χ4n) is 3.35. The highest BCUT2D eigenvalue weighted by Gasteiger charge is 2.24. The van der Waals surface area contributed by atoms with Gasteiger partial charge in [-0.2, -0.15) is 4.68 Å². The van der Waals surface area contributed by atoms with E-state index in [4.69, 9.17) is 11.6 Å². The fourth-order valence-corrected chi connectivity index (χ4v) is 4.18. The van der Waals surface area contributed by atoms with Gasteiger partial charge < -0.3 is 5.32 Å². The number of hydrogen-bond acceptors (Lipinski definition) is 6. The predicted octanol–water partition coefficient (Wildman–Crippen LogP) is 2.80. The maximum Gasteiger partial charge on any atom is 0.230 e. The van der Waals surface area contributed by atoms with Crippen molar-refractivity contribution in [3.63, 3.8) is 0 Å². The van der Waals surface area contributed by atoms with E-state index in [0.717, 1.165) is 31.7 Å². The molecule has 0 radical (unpaired) electrons. The molecular weight excluding hydrogens is 408 g/mol. The number of hydrogen-bond donors (Lipinski definition) is 1. The van der Waals surface area contributed by atoms with Gasteiger partial charge in [0.15, 0.2) is 0 Å². The Kier molecular flexibility index (Phi) is 6.43. The molecule has 150 valence electrons. The van der Waals surface area contributed by atoms with Crippen LogP contribution < -0.4 is 5.32 Å². The van der Waals surface area contributed by atoms with Crippen LogP contribution in [0.5, 0.6) is 0 Å². The molecule has 0 spiro atoms. The molecule has 1 amide bonds. The fraction of sp³-hybridized carbons (Fsp3) is 0.300. The molecule has 1 aromatic heterocycles. The number of thioether (sulfide) groups is 1. The summed E-state index contributed by atoms with van der Waals surface area (Å²) < 4.78 is 1.60. The van der Waals surface area contributed by atoms with Gasteiger partial charge in [-0.3, -0.25) is 9.69 Å². The average Bonchev–Trinajstić information content (AvgIpc) is 3.37. The minimum Gasteiger partial charge on any atom is -0.351 e. The summed E-state index contributed by atoms with van der Waals surface area (Å²) in [6.07, 6.45) is 0.964. The highest BCUT2D eigenvalue weighted by atomic mass is 35.5. The van der Waals surface area contributed by atoms with Gasteiger partial charge in [-0.15, -0.1) is 5.10 Å². The summed E-state index contributed by atoms with van der Waals surface area (Å²) in [5.74, 6) is 0.260. The van der Waals surface area contributed by atoms with E-state index in [2.05, 4.69) is 50.0 Å². The number of carbonyl (C=O) groups is 1. The van der Waals surface area contributed by atoms with Crippen molar-refractivity contribution in [1.82, 2.24) is 30.4 Å². The Hall–Kier alpha value is -2.42. The molecule has 1 atom stereocenters. The lowest BCUT2D eigenvalue weighted by Crippen LogP contribution is -2.38. The monoisotopic (exact) mass is 428 g/mol. The van der Waals surface area contributed by atoms with E-state index < -0.39 is 0 Å². The quantitative estimate of drug-likeness (QED) is 0.583. The first kappa shape index (κ1) is 19.9. The average molecular weight is 429 g/mol. The summed E-state index contributed by atoms with van der Waals surface area (Å²) in [7, 11) is 0. The third-order valence-electron chi connectivity index (χ3n) is 4.73. The van der Waals surface area contributed by atoms with Crippen LogP contribution in [0.3, 0.4) is 0 Å². The summed E-state index contributed by atoms with van der Waals surface area (Å²) in [4.78, 5) is 14.8. The number of nitrogens with one attached hydrogen (secondary N) is 1. The maximum absolute atomic E-state index is 12.4. The number of benzene rings is 2. The highest BCUT2D eigenvalue weighted by Crippen LogP contribution is 2.20. The van der Waals surface area contributed by atoms with Gasteiger partial charge in [0, 0.05) is 30.7 Å². The van der Waals surface area contributed by atoms with Gasteiger partial charge in [-0.1, -0.05) is 53.7 Å². The van der Waals surface area contributed by atoms with Gasteiger partial charge >= 0.3 is 0 Å². The summed E-state index contributed by atoms with van der Waals surface area (Å²) in [6, 6.07) is 17.8.